The molecule has 0 aliphatic heterocycles. The highest BCUT2D eigenvalue weighted by Gasteiger charge is 2.12. The third kappa shape index (κ3) is 2.76. The molecule has 1 N–H and O–H groups in total. The predicted octanol–water partition coefficient (Wildman–Crippen LogP) is 4.14. The van der Waals surface area contributed by atoms with Crippen molar-refractivity contribution >= 4 is 27.7 Å². The second-order valence-electron chi connectivity index (χ2n) is 6.04. The Morgan fingerprint density at radius 1 is 1.04 bits per heavy atom. The highest BCUT2D eigenvalue weighted by Crippen LogP contribution is 2.29. The van der Waals surface area contributed by atoms with Gasteiger partial charge >= 0.3 is 0 Å². The Hall–Kier alpha value is -3.14. The first-order valence-corrected chi connectivity index (χ1v) is 8.46. The first-order valence-electron chi connectivity index (χ1n) is 8.46. The van der Waals surface area contributed by atoms with Gasteiger partial charge in [0.05, 0.1) is 0 Å². The topological polar surface area (TPSA) is 46.9 Å². The van der Waals surface area contributed by atoms with Crippen molar-refractivity contribution in [3.8, 4) is 0 Å². The van der Waals surface area contributed by atoms with Gasteiger partial charge in [-0.3, -0.25) is 9.78 Å². The molecular formula is C21H19N3O. The third-order valence-electron chi connectivity index (χ3n) is 4.53. The summed E-state index contributed by atoms with van der Waals surface area (Å²) in [5, 5.41) is 5.26. The molecule has 124 valence electrons. The summed E-state index contributed by atoms with van der Waals surface area (Å²) < 4.78 is 2.28. The Morgan fingerprint density at radius 2 is 1.88 bits per heavy atom. The molecule has 4 nitrogen and oxygen atoms in total. The molecule has 1 amide bonds. The van der Waals surface area contributed by atoms with Gasteiger partial charge in [-0.2, -0.15) is 0 Å². The van der Waals surface area contributed by atoms with E-state index < -0.39 is 0 Å². The monoisotopic (exact) mass is 329 g/mol. The quantitative estimate of drug-likeness (QED) is 0.612. The molecule has 0 spiro atoms. The minimum Gasteiger partial charge on any atom is -0.348 e. The van der Waals surface area contributed by atoms with Crippen molar-refractivity contribution in [2.45, 2.75) is 20.0 Å². The van der Waals surface area contributed by atoms with Gasteiger partial charge < -0.3 is 9.88 Å². The number of benzene rings is 2. The number of carbonyl (C=O) groups excluding carboxylic acids is 1. The Labute approximate surface area is 146 Å². The van der Waals surface area contributed by atoms with E-state index in [2.05, 4.69) is 40.0 Å². The first kappa shape index (κ1) is 15.4. The van der Waals surface area contributed by atoms with Gasteiger partial charge in [-0.05, 0) is 42.8 Å². The molecular weight excluding hydrogens is 310 g/mol. The third-order valence-corrected chi connectivity index (χ3v) is 4.53. The molecule has 0 fully saturated rings. The Morgan fingerprint density at radius 3 is 2.68 bits per heavy atom. The minimum absolute atomic E-state index is 0.0703. The lowest BCUT2D eigenvalue weighted by molar-refractivity contribution is 0.0951. The average molecular weight is 329 g/mol. The first-order chi connectivity index (χ1) is 12.3. The van der Waals surface area contributed by atoms with Gasteiger partial charge in [-0.25, -0.2) is 0 Å². The van der Waals surface area contributed by atoms with E-state index in [1.165, 1.54) is 10.9 Å². The maximum atomic E-state index is 12.5. The summed E-state index contributed by atoms with van der Waals surface area (Å²) >= 11 is 0. The van der Waals surface area contributed by atoms with Crippen LogP contribution in [0.25, 0.3) is 21.8 Å². The minimum atomic E-state index is -0.0703. The zero-order valence-electron chi connectivity index (χ0n) is 14.1. The molecule has 0 unspecified atom stereocenters. The van der Waals surface area contributed by atoms with Gasteiger partial charge in [0.15, 0.2) is 0 Å². The number of aromatic nitrogens is 2. The van der Waals surface area contributed by atoms with E-state index in [9.17, 15) is 4.79 Å². The summed E-state index contributed by atoms with van der Waals surface area (Å²) in [6.07, 6.45) is 3.49. The number of nitrogens with zero attached hydrogens (tertiary/aromatic N) is 2. The van der Waals surface area contributed by atoms with E-state index in [-0.39, 0.29) is 5.91 Å². The second kappa shape index (κ2) is 6.40. The molecule has 2 heterocycles. The number of aryl methyl sites for hydroxylation is 1. The van der Waals surface area contributed by atoms with Crippen LogP contribution in [0.4, 0.5) is 0 Å². The number of rotatable bonds is 4. The van der Waals surface area contributed by atoms with Crippen LogP contribution in [-0.4, -0.2) is 15.5 Å². The van der Waals surface area contributed by atoms with Crippen molar-refractivity contribution in [1.82, 2.24) is 14.9 Å². The van der Waals surface area contributed by atoms with E-state index in [4.69, 9.17) is 0 Å². The fraction of sp³-hybridized carbons (Fsp3) is 0.143. The second-order valence-corrected chi connectivity index (χ2v) is 6.04. The van der Waals surface area contributed by atoms with Crippen LogP contribution in [0.15, 0.2) is 67.0 Å². The van der Waals surface area contributed by atoms with Crippen LogP contribution < -0.4 is 5.32 Å². The van der Waals surface area contributed by atoms with Crippen molar-refractivity contribution in [2.24, 2.45) is 0 Å². The molecule has 0 aliphatic carbocycles. The molecule has 25 heavy (non-hydrogen) atoms. The van der Waals surface area contributed by atoms with Crippen LogP contribution in [0.3, 0.4) is 0 Å². The Kier molecular flexibility index (Phi) is 3.94. The molecule has 0 radical (unpaired) electrons. The van der Waals surface area contributed by atoms with E-state index in [0.29, 0.717) is 12.1 Å². The summed E-state index contributed by atoms with van der Waals surface area (Å²) in [7, 11) is 0. The summed E-state index contributed by atoms with van der Waals surface area (Å²) in [6, 6.07) is 18.1. The zero-order valence-corrected chi connectivity index (χ0v) is 14.1. The fourth-order valence-electron chi connectivity index (χ4n) is 3.32. The molecule has 0 atom stereocenters. The summed E-state index contributed by atoms with van der Waals surface area (Å²) in [5.41, 5.74) is 4.02. The summed E-state index contributed by atoms with van der Waals surface area (Å²) in [6.45, 7) is 3.51. The van der Waals surface area contributed by atoms with Crippen LogP contribution in [0, 0.1) is 0 Å². The molecule has 2 aromatic carbocycles. The number of amides is 1. The standard InChI is InChI=1S/C21H19N3O/c1-2-24-19-8-4-3-7-17(19)18-12-16(9-10-20(18)24)21(25)23-14-15-6-5-11-22-13-15/h3-13H,2,14H2,1H3,(H,23,25). The molecule has 0 saturated heterocycles. The summed E-state index contributed by atoms with van der Waals surface area (Å²) in [5.74, 6) is -0.0703. The highest BCUT2D eigenvalue weighted by atomic mass is 16.1. The number of carbonyl (C=O) groups is 1. The van der Waals surface area contributed by atoms with Gasteiger partial charge in [-0.1, -0.05) is 24.3 Å². The molecule has 4 heteroatoms. The largest absolute Gasteiger partial charge is 0.348 e. The van der Waals surface area contributed by atoms with Crippen molar-refractivity contribution in [3.63, 3.8) is 0 Å². The van der Waals surface area contributed by atoms with Crippen molar-refractivity contribution in [2.75, 3.05) is 0 Å². The SMILES string of the molecule is CCn1c2ccccc2c2cc(C(=O)NCc3cccnc3)ccc21. The van der Waals surface area contributed by atoms with Gasteiger partial charge in [0, 0.05) is 52.9 Å². The number of fused-ring (bicyclic) bond motifs is 3. The zero-order chi connectivity index (χ0) is 17.2. The van der Waals surface area contributed by atoms with E-state index in [0.717, 1.165) is 23.0 Å². The van der Waals surface area contributed by atoms with Gasteiger partial charge in [-0.15, -0.1) is 0 Å². The lowest BCUT2D eigenvalue weighted by Gasteiger charge is -2.06. The Bertz CT molecular complexity index is 1050. The van der Waals surface area contributed by atoms with E-state index in [1.54, 1.807) is 12.4 Å². The predicted molar refractivity (Wildman–Crippen MR) is 101 cm³/mol. The summed E-state index contributed by atoms with van der Waals surface area (Å²) in [4.78, 5) is 16.6. The van der Waals surface area contributed by atoms with Crippen molar-refractivity contribution in [3.05, 3.63) is 78.1 Å². The van der Waals surface area contributed by atoms with E-state index >= 15 is 0 Å². The lowest BCUT2D eigenvalue weighted by atomic mass is 10.1. The normalized spacial score (nSPS) is 11.1. The van der Waals surface area contributed by atoms with Crippen LogP contribution >= 0.6 is 0 Å². The molecule has 0 saturated carbocycles. The maximum absolute atomic E-state index is 12.5. The molecule has 2 aromatic heterocycles. The van der Waals surface area contributed by atoms with Gasteiger partial charge in [0.2, 0.25) is 0 Å². The number of nitrogens with one attached hydrogen (secondary N) is 1. The molecule has 0 aliphatic rings. The molecule has 4 aromatic rings. The maximum Gasteiger partial charge on any atom is 0.251 e. The van der Waals surface area contributed by atoms with Crippen LogP contribution in [-0.2, 0) is 13.1 Å². The van der Waals surface area contributed by atoms with Crippen LogP contribution in [0.2, 0.25) is 0 Å². The van der Waals surface area contributed by atoms with Crippen LogP contribution in [0.5, 0.6) is 0 Å². The molecule has 0 bridgehead atoms. The highest BCUT2D eigenvalue weighted by molar-refractivity contribution is 6.10. The number of hydrogen-bond acceptors (Lipinski definition) is 2. The van der Waals surface area contributed by atoms with Gasteiger partial charge in [0.25, 0.3) is 5.91 Å². The average Bonchev–Trinajstić information content (AvgIpc) is 3.00. The number of para-hydroxylation sites is 1. The lowest BCUT2D eigenvalue weighted by Crippen LogP contribution is -2.22. The fourth-order valence-corrected chi connectivity index (χ4v) is 3.32. The van der Waals surface area contributed by atoms with E-state index in [1.807, 2.05) is 36.4 Å². The number of hydrogen-bond donors (Lipinski definition) is 1. The molecule has 4 rings (SSSR count). The van der Waals surface area contributed by atoms with Gasteiger partial charge in [0.1, 0.15) is 0 Å². The van der Waals surface area contributed by atoms with Crippen molar-refractivity contribution in [1.29, 1.82) is 0 Å². The Balaban J connectivity index is 1.69. The smallest absolute Gasteiger partial charge is 0.251 e. The van der Waals surface area contributed by atoms with Crippen LogP contribution in [0.1, 0.15) is 22.8 Å². The number of pyridine rings is 1. The van der Waals surface area contributed by atoms with Crippen molar-refractivity contribution < 1.29 is 4.79 Å².